The van der Waals surface area contributed by atoms with Gasteiger partial charge in [-0.15, -0.1) is 0 Å². The highest BCUT2D eigenvalue weighted by atomic mass is 19.4. The van der Waals surface area contributed by atoms with Crippen molar-refractivity contribution in [1.29, 1.82) is 0 Å². The Hall–Kier alpha value is -1.33. The van der Waals surface area contributed by atoms with Gasteiger partial charge in [0.05, 0.1) is 0 Å². The highest BCUT2D eigenvalue weighted by Gasteiger charge is 2.35. The largest absolute Gasteiger partial charge is 0.451 e. The van der Waals surface area contributed by atoms with Gasteiger partial charge in [-0.25, -0.2) is 9.97 Å². The Morgan fingerprint density at radius 2 is 1.88 bits per heavy atom. The fraction of sp³-hybridized carbons (Fsp3) is 0.636. The predicted molar refractivity (Wildman–Crippen MR) is 57.9 cm³/mol. The first kappa shape index (κ1) is 12.1. The zero-order chi connectivity index (χ0) is 12.5. The fourth-order valence-corrected chi connectivity index (χ4v) is 1.90. The van der Waals surface area contributed by atoms with Crippen molar-refractivity contribution in [3.8, 4) is 0 Å². The van der Waals surface area contributed by atoms with Crippen molar-refractivity contribution in [3.05, 3.63) is 17.6 Å². The van der Waals surface area contributed by atoms with Gasteiger partial charge in [-0.05, 0) is 19.3 Å². The monoisotopic (exact) mass is 245 g/mol. The van der Waals surface area contributed by atoms with Crippen LogP contribution in [-0.2, 0) is 12.6 Å². The van der Waals surface area contributed by atoms with E-state index in [0.717, 1.165) is 25.9 Å². The summed E-state index contributed by atoms with van der Waals surface area (Å²) in [5, 5.41) is 0. The highest BCUT2D eigenvalue weighted by molar-refractivity contribution is 5.41. The van der Waals surface area contributed by atoms with Gasteiger partial charge in [0.1, 0.15) is 5.82 Å². The van der Waals surface area contributed by atoms with Gasteiger partial charge >= 0.3 is 6.18 Å². The van der Waals surface area contributed by atoms with E-state index in [1.165, 1.54) is 0 Å². The van der Waals surface area contributed by atoms with Crippen molar-refractivity contribution in [2.45, 2.75) is 32.4 Å². The maximum absolute atomic E-state index is 12.6. The number of aryl methyl sites for hydroxylation is 1. The minimum atomic E-state index is -4.47. The molecule has 2 heterocycles. The Morgan fingerprint density at radius 1 is 1.24 bits per heavy atom. The van der Waals surface area contributed by atoms with Gasteiger partial charge in [-0.3, -0.25) is 0 Å². The summed E-state index contributed by atoms with van der Waals surface area (Å²) in [6.45, 7) is 3.34. The zero-order valence-electron chi connectivity index (χ0n) is 9.59. The number of anilines is 1. The van der Waals surface area contributed by atoms with E-state index in [-0.39, 0.29) is 0 Å². The van der Waals surface area contributed by atoms with Crippen LogP contribution in [0.15, 0.2) is 6.07 Å². The molecule has 1 aliphatic heterocycles. The Balaban J connectivity index is 2.38. The van der Waals surface area contributed by atoms with E-state index < -0.39 is 12.0 Å². The molecule has 6 heteroatoms. The Labute approximate surface area is 97.7 Å². The normalized spacial score (nSPS) is 16.6. The van der Waals surface area contributed by atoms with Crippen LogP contribution >= 0.6 is 0 Å². The van der Waals surface area contributed by atoms with Crippen LogP contribution in [0, 0.1) is 0 Å². The van der Waals surface area contributed by atoms with Gasteiger partial charge in [0.2, 0.25) is 5.82 Å². The van der Waals surface area contributed by atoms with Crippen LogP contribution in [0.25, 0.3) is 0 Å². The number of hydrogen-bond acceptors (Lipinski definition) is 3. The van der Waals surface area contributed by atoms with E-state index in [1.54, 1.807) is 13.0 Å². The summed E-state index contributed by atoms with van der Waals surface area (Å²) in [6, 6.07) is 1.65. The third kappa shape index (κ3) is 2.68. The Bertz CT molecular complexity index is 397. The molecule has 0 atom stereocenters. The molecule has 1 aromatic heterocycles. The maximum Gasteiger partial charge on any atom is 0.451 e. The number of hydrogen-bond donors (Lipinski definition) is 0. The lowest BCUT2D eigenvalue weighted by Crippen LogP contribution is -2.22. The zero-order valence-corrected chi connectivity index (χ0v) is 9.59. The smallest absolute Gasteiger partial charge is 0.356 e. The molecule has 0 radical (unpaired) electrons. The van der Waals surface area contributed by atoms with Crippen molar-refractivity contribution in [3.63, 3.8) is 0 Å². The third-order valence-electron chi connectivity index (χ3n) is 2.81. The van der Waals surface area contributed by atoms with Crippen LogP contribution in [0.2, 0.25) is 0 Å². The van der Waals surface area contributed by atoms with Crippen molar-refractivity contribution in [2.24, 2.45) is 0 Å². The molecule has 94 valence electrons. The second-order valence-corrected chi connectivity index (χ2v) is 4.09. The lowest BCUT2D eigenvalue weighted by Gasteiger charge is -2.18. The second kappa shape index (κ2) is 4.50. The number of nitrogens with zero attached hydrogens (tertiary/aromatic N) is 3. The van der Waals surface area contributed by atoms with E-state index in [9.17, 15) is 13.2 Å². The molecule has 1 aliphatic rings. The lowest BCUT2D eigenvalue weighted by molar-refractivity contribution is -0.145. The second-order valence-electron chi connectivity index (χ2n) is 4.09. The summed E-state index contributed by atoms with van der Waals surface area (Å²) in [5.74, 6) is -0.625. The molecule has 1 aromatic rings. The van der Waals surface area contributed by atoms with Gasteiger partial charge in [0, 0.05) is 24.8 Å². The first-order chi connectivity index (χ1) is 8.00. The van der Waals surface area contributed by atoms with E-state index in [2.05, 4.69) is 9.97 Å². The van der Waals surface area contributed by atoms with E-state index in [1.807, 2.05) is 4.90 Å². The molecule has 0 spiro atoms. The maximum atomic E-state index is 12.6. The van der Waals surface area contributed by atoms with Crippen molar-refractivity contribution in [2.75, 3.05) is 18.0 Å². The summed E-state index contributed by atoms with van der Waals surface area (Å²) >= 11 is 0. The van der Waals surface area contributed by atoms with Gasteiger partial charge in [0.25, 0.3) is 0 Å². The Morgan fingerprint density at radius 3 is 2.41 bits per heavy atom. The number of halogens is 3. The van der Waals surface area contributed by atoms with E-state index >= 15 is 0 Å². The van der Waals surface area contributed by atoms with E-state index in [0.29, 0.717) is 17.9 Å². The molecule has 17 heavy (non-hydrogen) atoms. The van der Waals surface area contributed by atoms with Gasteiger partial charge in [-0.2, -0.15) is 13.2 Å². The summed E-state index contributed by atoms with van der Waals surface area (Å²) < 4.78 is 37.9. The highest BCUT2D eigenvalue weighted by Crippen LogP contribution is 2.29. The van der Waals surface area contributed by atoms with Crippen LogP contribution in [0.5, 0.6) is 0 Å². The van der Waals surface area contributed by atoms with E-state index in [4.69, 9.17) is 0 Å². The van der Waals surface area contributed by atoms with Crippen molar-refractivity contribution < 1.29 is 13.2 Å². The summed E-state index contributed by atoms with van der Waals surface area (Å²) in [4.78, 5) is 9.04. The predicted octanol–water partition coefficient (Wildman–Crippen LogP) is 2.66. The Kier molecular flexibility index (Phi) is 3.22. The molecule has 0 N–H and O–H groups in total. The third-order valence-corrected chi connectivity index (χ3v) is 2.81. The first-order valence-corrected chi connectivity index (χ1v) is 5.71. The molecular formula is C11H14F3N3. The minimum absolute atomic E-state index is 0.404. The van der Waals surface area contributed by atoms with Crippen molar-refractivity contribution in [1.82, 2.24) is 9.97 Å². The molecule has 1 fully saturated rings. The average Bonchev–Trinajstić information content (AvgIpc) is 2.80. The minimum Gasteiger partial charge on any atom is -0.356 e. The van der Waals surface area contributed by atoms with Crippen molar-refractivity contribution >= 4 is 5.82 Å². The van der Waals surface area contributed by atoms with Crippen LogP contribution in [0.3, 0.4) is 0 Å². The number of alkyl halides is 3. The van der Waals surface area contributed by atoms with Crippen LogP contribution in [0.4, 0.5) is 19.0 Å². The molecule has 0 amide bonds. The molecular weight excluding hydrogens is 231 g/mol. The fourth-order valence-electron chi connectivity index (χ4n) is 1.90. The van der Waals surface area contributed by atoms with Crippen LogP contribution in [-0.4, -0.2) is 23.1 Å². The molecule has 1 saturated heterocycles. The standard InChI is InChI=1S/C11H14F3N3/c1-2-8-7-9(17-5-3-4-6-17)16-10(15-8)11(12,13)14/h7H,2-6H2,1H3. The topological polar surface area (TPSA) is 29.0 Å². The molecule has 0 aromatic carbocycles. The molecule has 2 rings (SSSR count). The molecule has 0 bridgehead atoms. The molecule has 0 aliphatic carbocycles. The van der Waals surface area contributed by atoms with Gasteiger partial charge in [0.15, 0.2) is 0 Å². The number of aromatic nitrogens is 2. The number of rotatable bonds is 2. The summed E-state index contributed by atoms with van der Waals surface area (Å²) in [7, 11) is 0. The molecule has 0 unspecified atom stereocenters. The summed E-state index contributed by atoms with van der Waals surface area (Å²) in [6.07, 6.45) is -1.98. The molecule has 0 saturated carbocycles. The summed E-state index contributed by atoms with van der Waals surface area (Å²) in [5.41, 5.74) is 0.439. The lowest BCUT2D eigenvalue weighted by atomic mass is 10.3. The van der Waals surface area contributed by atoms with Gasteiger partial charge in [-0.1, -0.05) is 6.92 Å². The van der Waals surface area contributed by atoms with Crippen LogP contribution in [0.1, 0.15) is 31.3 Å². The molecule has 3 nitrogen and oxygen atoms in total. The average molecular weight is 245 g/mol. The van der Waals surface area contributed by atoms with Crippen LogP contribution < -0.4 is 4.90 Å². The first-order valence-electron chi connectivity index (χ1n) is 5.71. The van der Waals surface area contributed by atoms with Gasteiger partial charge < -0.3 is 4.90 Å². The SMILES string of the molecule is CCc1cc(N2CCCC2)nc(C(F)(F)F)n1. The quantitative estimate of drug-likeness (QED) is 0.802.